The number of nitrogens with zero attached hydrogens (tertiary/aromatic N) is 1. The second-order valence-corrected chi connectivity index (χ2v) is 6.71. The molecular formula is C21H16ClFN2O2. The minimum Gasteiger partial charge on any atom is -0.491 e. The molecule has 1 unspecified atom stereocenters. The lowest BCUT2D eigenvalue weighted by molar-refractivity contribution is 0.0883. The van der Waals surface area contributed by atoms with Crippen LogP contribution in [0.15, 0.2) is 66.9 Å². The van der Waals surface area contributed by atoms with E-state index in [9.17, 15) is 9.18 Å². The molecule has 1 aromatic heterocycles. The highest BCUT2D eigenvalue weighted by Gasteiger charge is 2.42. The van der Waals surface area contributed by atoms with Crippen molar-refractivity contribution >= 4 is 17.5 Å². The number of pyridine rings is 1. The third-order valence-corrected chi connectivity index (χ3v) is 4.99. The van der Waals surface area contributed by atoms with Crippen molar-refractivity contribution in [3.63, 3.8) is 0 Å². The first kappa shape index (κ1) is 17.5. The molecule has 4 rings (SSSR count). The lowest BCUT2D eigenvalue weighted by Gasteiger charge is -2.39. The van der Waals surface area contributed by atoms with Crippen molar-refractivity contribution in [3.8, 4) is 5.75 Å². The van der Waals surface area contributed by atoms with Gasteiger partial charge in [-0.15, -0.1) is 0 Å². The molecule has 0 saturated heterocycles. The van der Waals surface area contributed by atoms with Crippen LogP contribution in [0.5, 0.6) is 5.75 Å². The molecule has 0 bridgehead atoms. The van der Waals surface area contributed by atoms with Crippen LogP contribution >= 0.6 is 11.6 Å². The normalized spacial score (nSPS) is 18.3. The summed E-state index contributed by atoms with van der Waals surface area (Å²) in [4.78, 5) is 17.4. The molecule has 1 aliphatic rings. The summed E-state index contributed by atoms with van der Waals surface area (Å²) in [5, 5.41) is 3.10. The van der Waals surface area contributed by atoms with Crippen LogP contribution in [0.4, 0.5) is 4.39 Å². The lowest BCUT2D eigenvalue weighted by Crippen LogP contribution is -2.50. The molecule has 0 spiro atoms. The average Bonchev–Trinajstić information content (AvgIpc) is 2.71. The Labute approximate surface area is 161 Å². The summed E-state index contributed by atoms with van der Waals surface area (Å²) in [6.07, 6.45) is 2.04. The van der Waals surface area contributed by atoms with Gasteiger partial charge in [0.25, 0.3) is 5.91 Å². The van der Waals surface area contributed by atoms with Gasteiger partial charge in [-0.2, -0.15) is 0 Å². The lowest BCUT2D eigenvalue weighted by atomic mass is 9.81. The van der Waals surface area contributed by atoms with Crippen LogP contribution in [-0.2, 0) is 5.54 Å². The highest BCUT2D eigenvalue weighted by molar-refractivity contribution is 6.30. The van der Waals surface area contributed by atoms with Crippen molar-refractivity contribution in [1.29, 1.82) is 0 Å². The summed E-state index contributed by atoms with van der Waals surface area (Å²) in [6.45, 7) is 0.359. The second-order valence-electron chi connectivity index (χ2n) is 6.30. The SMILES string of the molecule is O=C(NC1(c2ccc(Cl)c(F)c2)CCOc2cccnc21)c1ccccc1. The standard InChI is InChI=1S/C21H16ClFN2O2/c22-16-9-8-15(13-17(16)23)21(25-20(26)14-5-2-1-3-6-14)10-12-27-18-7-4-11-24-19(18)21/h1-9,11,13H,10,12H2,(H,25,26). The van der Waals surface area contributed by atoms with Crippen LogP contribution in [0.2, 0.25) is 5.02 Å². The number of aromatic nitrogens is 1. The maximum atomic E-state index is 14.2. The number of carbonyl (C=O) groups is 1. The first-order chi connectivity index (χ1) is 13.1. The quantitative estimate of drug-likeness (QED) is 0.733. The van der Waals surface area contributed by atoms with E-state index in [4.69, 9.17) is 16.3 Å². The Morgan fingerprint density at radius 2 is 1.96 bits per heavy atom. The molecule has 1 N–H and O–H groups in total. The van der Waals surface area contributed by atoms with E-state index in [1.807, 2.05) is 6.07 Å². The fraction of sp³-hybridized carbons (Fsp3) is 0.143. The number of benzene rings is 2. The number of ether oxygens (including phenoxy) is 1. The van der Waals surface area contributed by atoms with Gasteiger partial charge in [0.2, 0.25) is 0 Å². The van der Waals surface area contributed by atoms with Crippen molar-refractivity contribution < 1.29 is 13.9 Å². The van der Waals surface area contributed by atoms with Gasteiger partial charge in [0.05, 0.1) is 11.6 Å². The third-order valence-electron chi connectivity index (χ3n) is 4.68. The van der Waals surface area contributed by atoms with Crippen molar-refractivity contribution in [3.05, 3.63) is 94.5 Å². The zero-order valence-corrected chi connectivity index (χ0v) is 15.0. The average molecular weight is 383 g/mol. The number of carbonyl (C=O) groups excluding carboxylic acids is 1. The molecule has 0 saturated carbocycles. The molecule has 6 heteroatoms. The molecule has 1 aliphatic heterocycles. The van der Waals surface area contributed by atoms with E-state index in [0.29, 0.717) is 35.6 Å². The van der Waals surface area contributed by atoms with Crippen LogP contribution in [0, 0.1) is 5.82 Å². The van der Waals surface area contributed by atoms with E-state index < -0.39 is 11.4 Å². The molecule has 4 nitrogen and oxygen atoms in total. The largest absolute Gasteiger partial charge is 0.491 e. The van der Waals surface area contributed by atoms with Gasteiger partial charge in [0, 0.05) is 18.2 Å². The molecule has 0 fully saturated rings. The van der Waals surface area contributed by atoms with E-state index in [-0.39, 0.29) is 10.9 Å². The zero-order chi connectivity index (χ0) is 18.9. The van der Waals surface area contributed by atoms with Gasteiger partial charge in [-0.05, 0) is 42.0 Å². The zero-order valence-electron chi connectivity index (χ0n) is 14.3. The van der Waals surface area contributed by atoms with Gasteiger partial charge >= 0.3 is 0 Å². The van der Waals surface area contributed by atoms with Crippen molar-refractivity contribution in [1.82, 2.24) is 10.3 Å². The van der Waals surface area contributed by atoms with Gasteiger partial charge in [0.1, 0.15) is 22.8 Å². The topological polar surface area (TPSA) is 51.2 Å². The first-order valence-corrected chi connectivity index (χ1v) is 8.89. The monoisotopic (exact) mass is 382 g/mol. The summed E-state index contributed by atoms with van der Waals surface area (Å²) in [5.41, 5.74) is 0.599. The highest BCUT2D eigenvalue weighted by Crippen LogP contribution is 2.41. The Kier molecular flexibility index (Phi) is 4.54. The fourth-order valence-electron chi connectivity index (χ4n) is 3.35. The maximum absolute atomic E-state index is 14.2. The van der Waals surface area contributed by atoms with Crippen molar-refractivity contribution in [2.45, 2.75) is 12.0 Å². The Bertz CT molecular complexity index is 996. The van der Waals surface area contributed by atoms with Crippen LogP contribution in [-0.4, -0.2) is 17.5 Å². The van der Waals surface area contributed by atoms with E-state index >= 15 is 0 Å². The number of amides is 1. The van der Waals surface area contributed by atoms with Gasteiger partial charge in [-0.1, -0.05) is 35.9 Å². The summed E-state index contributed by atoms with van der Waals surface area (Å²) in [5.74, 6) is -0.261. The van der Waals surface area contributed by atoms with E-state index in [2.05, 4.69) is 10.3 Å². The number of nitrogens with one attached hydrogen (secondary N) is 1. The molecule has 3 aromatic rings. The van der Waals surface area contributed by atoms with Crippen molar-refractivity contribution in [2.24, 2.45) is 0 Å². The minimum atomic E-state index is -1.02. The van der Waals surface area contributed by atoms with E-state index in [1.54, 1.807) is 48.7 Å². The van der Waals surface area contributed by atoms with Gasteiger partial charge < -0.3 is 10.1 Å². The summed E-state index contributed by atoms with van der Waals surface area (Å²) in [7, 11) is 0. The molecule has 1 amide bonds. The van der Waals surface area contributed by atoms with Gasteiger partial charge in [-0.3, -0.25) is 9.78 Å². The second kappa shape index (κ2) is 7.00. The molecule has 27 heavy (non-hydrogen) atoms. The van der Waals surface area contributed by atoms with Gasteiger partial charge in [-0.25, -0.2) is 4.39 Å². The smallest absolute Gasteiger partial charge is 0.252 e. The predicted octanol–water partition coefficient (Wildman–Crippen LogP) is 4.33. The van der Waals surface area contributed by atoms with E-state index in [1.165, 1.54) is 12.1 Å². The summed E-state index contributed by atoms with van der Waals surface area (Å²) < 4.78 is 20.0. The number of hydrogen-bond donors (Lipinski definition) is 1. The van der Waals surface area contributed by atoms with Crippen LogP contribution in [0.1, 0.15) is 28.0 Å². The Balaban J connectivity index is 1.86. The first-order valence-electron chi connectivity index (χ1n) is 8.51. The van der Waals surface area contributed by atoms with Gasteiger partial charge in [0.15, 0.2) is 0 Å². The Morgan fingerprint density at radius 3 is 2.74 bits per heavy atom. The minimum absolute atomic E-state index is 0.0246. The Hall–Kier alpha value is -2.92. The summed E-state index contributed by atoms with van der Waals surface area (Å²) >= 11 is 5.86. The molecule has 0 radical (unpaired) electrons. The van der Waals surface area contributed by atoms with Crippen molar-refractivity contribution in [2.75, 3.05) is 6.61 Å². The molecule has 1 atom stereocenters. The molecule has 2 heterocycles. The fourth-order valence-corrected chi connectivity index (χ4v) is 3.47. The summed E-state index contributed by atoms with van der Waals surface area (Å²) in [6, 6.07) is 17.0. The number of hydrogen-bond acceptors (Lipinski definition) is 3. The molecule has 0 aliphatic carbocycles. The number of rotatable bonds is 3. The number of fused-ring (bicyclic) bond motifs is 1. The number of halogens is 2. The molecule has 2 aromatic carbocycles. The maximum Gasteiger partial charge on any atom is 0.252 e. The highest BCUT2D eigenvalue weighted by atomic mass is 35.5. The molecular weight excluding hydrogens is 367 g/mol. The van der Waals surface area contributed by atoms with Crippen LogP contribution in [0.25, 0.3) is 0 Å². The van der Waals surface area contributed by atoms with Crippen LogP contribution < -0.4 is 10.1 Å². The molecule has 136 valence electrons. The van der Waals surface area contributed by atoms with E-state index in [0.717, 1.165) is 0 Å². The third kappa shape index (κ3) is 3.15. The predicted molar refractivity (Wildman–Crippen MR) is 100 cm³/mol. The Morgan fingerprint density at radius 1 is 1.15 bits per heavy atom. The van der Waals surface area contributed by atoms with Crippen LogP contribution in [0.3, 0.4) is 0 Å².